The summed E-state index contributed by atoms with van der Waals surface area (Å²) in [6, 6.07) is 9.59. The number of aliphatic hydroxyl groups is 1. The van der Waals surface area contributed by atoms with Crippen molar-refractivity contribution in [3.05, 3.63) is 35.9 Å². The zero-order valence-electron chi connectivity index (χ0n) is 11.4. The third kappa shape index (κ3) is 4.98. The summed E-state index contributed by atoms with van der Waals surface area (Å²) in [5.74, 6) is 5.04. The summed E-state index contributed by atoms with van der Waals surface area (Å²) in [7, 11) is 0. The lowest BCUT2D eigenvalue weighted by atomic mass is 10.1. The highest BCUT2D eigenvalue weighted by Gasteiger charge is 2.24. The molecule has 1 unspecified atom stereocenters. The van der Waals surface area contributed by atoms with Crippen molar-refractivity contribution in [3.63, 3.8) is 0 Å². The Balaban J connectivity index is 2.80. The van der Waals surface area contributed by atoms with Crippen LogP contribution in [0.4, 0.5) is 0 Å². The van der Waals surface area contributed by atoms with Crippen LogP contribution in [0.5, 0.6) is 0 Å². The number of nitrogens with one attached hydrogen (secondary N) is 1. The number of aliphatic hydroxyl groups excluding tert-OH is 1. The van der Waals surface area contributed by atoms with Gasteiger partial charge in [0, 0.05) is 13.1 Å². The molecule has 1 aromatic carbocycles. The standard InChI is InChI=1S/C14H23N3O2/c1-2-6-13(14(19)16-15)17(9-10-18)11-12-7-4-3-5-8-12/h3-5,7-8,13,18H,2,6,9-11,15H2,1H3,(H,16,19). The van der Waals surface area contributed by atoms with Crippen LogP contribution in [0.3, 0.4) is 0 Å². The van der Waals surface area contributed by atoms with Gasteiger partial charge in [-0.3, -0.25) is 15.1 Å². The van der Waals surface area contributed by atoms with Gasteiger partial charge in [0.25, 0.3) is 5.91 Å². The monoisotopic (exact) mass is 265 g/mol. The first kappa shape index (κ1) is 15.6. The molecule has 0 saturated carbocycles. The van der Waals surface area contributed by atoms with Gasteiger partial charge in [-0.2, -0.15) is 0 Å². The maximum absolute atomic E-state index is 11.8. The van der Waals surface area contributed by atoms with Gasteiger partial charge in [-0.15, -0.1) is 0 Å². The van der Waals surface area contributed by atoms with E-state index in [2.05, 4.69) is 5.43 Å². The minimum atomic E-state index is -0.303. The molecule has 5 nitrogen and oxygen atoms in total. The van der Waals surface area contributed by atoms with Crippen LogP contribution in [0.1, 0.15) is 25.3 Å². The third-order valence-electron chi connectivity index (χ3n) is 3.06. The Labute approximate surface area is 114 Å². The average Bonchev–Trinajstić information content (AvgIpc) is 2.45. The van der Waals surface area contributed by atoms with E-state index in [1.54, 1.807) is 0 Å². The summed E-state index contributed by atoms with van der Waals surface area (Å²) in [5, 5.41) is 9.18. The number of benzene rings is 1. The molecule has 0 aliphatic heterocycles. The lowest BCUT2D eigenvalue weighted by molar-refractivity contribution is -0.127. The number of hydrogen-bond acceptors (Lipinski definition) is 4. The van der Waals surface area contributed by atoms with Crippen LogP contribution in [0.15, 0.2) is 30.3 Å². The second-order valence-corrected chi connectivity index (χ2v) is 4.49. The van der Waals surface area contributed by atoms with E-state index in [9.17, 15) is 9.90 Å². The molecule has 0 saturated heterocycles. The Hall–Kier alpha value is -1.43. The fraction of sp³-hybridized carbons (Fsp3) is 0.500. The van der Waals surface area contributed by atoms with Gasteiger partial charge >= 0.3 is 0 Å². The number of carbonyl (C=O) groups excluding carboxylic acids is 1. The third-order valence-corrected chi connectivity index (χ3v) is 3.06. The lowest BCUT2D eigenvalue weighted by Crippen LogP contribution is -2.49. The normalized spacial score (nSPS) is 12.4. The zero-order valence-corrected chi connectivity index (χ0v) is 11.4. The number of hydrogen-bond donors (Lipinski definition) is 3. The van der Waals surface area contributed by atoms with Crippen molar-refractivity contribution in [1.29, 1.82) is 0 Å². The van der Waals surface area contributed by atoms with Gasteiger partial charge in [-0.25, -0.2) is 5.84 Å². The molecule has 1 atom stereocenters. The minimum absolute atomic E-state index is 0.0187. The molecule has 0 bridgehead atoms. The van der Waals surface area contributed by atoms with Gasteiger partial charge in [-0.1, -0.05) is 43.7 Å². The van der Waals surface area contributed by atoms with E-state index >= 15 is 0 Å². The Bertz CT molecular complexity index is 370. The lowest BCUT2D eigenvalue weighted by Gasteiger charge is -2.29. The molecule has 0 spiro atoms. The number of rotatable bonds is 8. The summed E-state index contributed by atoms with van der Waals surface area (Å²) in [5.41, 5.74) is 3.33. The van der Waals surface area contributed by atoms with E-state index in [4.69, 9.17) is 5.84 Å². The molecular formula is C14H23N3O2. The summed E-state index contributed by atoms with van der Waals surface area (Å²) in [4.78, 5) is 13.8. The summed E-state index contributed by atoms with van der Waals surface area (Å²) in [6.07, 6.45) is 1.60. The molecule has 1 amide bonds. The quantitative estimate of drug-likeness (QED) is 0.366. The first-order valence-corrected chi connectivity index (χ1v) is 6.62. The largest absolute Gasteiger partial charge is 0.395 e. The Morgan fingerprint density at radius 1 is 1.42 bits per heavy atom. The number of nitrogens with two attached hydrogens (primary N) is 1. The topological polar surface area (TPSA) is 78.6 Å². The Kier molecular flexibility index (Phi) is 7.10. The maximum atomic E-state index is 11.8. The van der Waals surface area contributed by atoms with E-state index in [1.807, 2.05) is 42.2 Å². The fourth-order valence-corrected chi connectivity index (χ4v) is 2.14. The second-order valence-electron chi connectivity index (χ2n) is 4.49. The molecule has 4 N–H and O–H groups in total. The SMILES string of the molecule is CCCC(C(=O)NN)N(CCO)Cc1ccccc1. The molecule has 1 aromatic rings. The molecular weight excluding hydrogens is 242 g/mol. The summed E-state index contributed by atoms with van der Waals surface area (Å²) >= 11 is 0. The van der Waals surface area contributed by atoms with Crippen LogP contribution >= 0.6 is 0 Å². The van der Waals surface area contributed by atoms with Crippen LogP contribution in [-0.4, -0.2) is 35.1 Å². The van der Waals surface area contributed by atoms with Crippen molar-refractivity contribution in [2.45, 2.75) is 32.4 Å². The number of carbonyl (C=O) groups is 1. The first-order valence-electron chi connectivity index (χ1n) is 6.62. The average molecular weight is 265 g/mol. The second kappa shape index (κ2) is 8.63. The molecule has 0 aromatic heterocycles. The molecule has 106 valence electrons. The van der Waals surface area contributed by atoms with Crippen molar-refractivity contribution in [3.8, 4) is 0 Å². The predicted molar refractivity (Wildman–Crippen MR) is 75.0 cm³/mol. The number of amides is 1. The minimum Gasteiger partial charge on any atom is -0.395 e. The van der Waals surface area contributed by atoms with Gasteiger partial charge in [-0.05, 0) is 12.0 Å². The van der Waals surface area contributed by atoms with Gasteiger partial charge in [0.05, 0.1) is 12.6 Å². The van der Waals surface area contributed by atoms with E-state index in [-0.39, 0.29) is 18.6 Å². The first-order chi connectivity index (χ1) is 9.22. The highest BCUT2D eigenvalue weighted by molar-refractivity contribution is 5.81. The Morgan fingerprint density at radius 3 is 2.63 bits per heavy atom. The molecule has 0 aliphatic carbocycles. The number of nitrogens with zero attached hydrogens (tertiary/aromatic N) is 1. The highest BCUT2D eigenvalue weighted by Crippen LogP contribution is 2.12. The van der Waals surface area contributed by atoms with Crippen LogP contribution in [-0.2, 0) is 11.3 Å². The van der Waals surface area contributed by atoms with Crippen molar-refractivity contribution in [2.24, 2.45) is 5.84 Å². The van der Waals surface area contributed by atoms with Crippen LogP contribution in [0.2, 0.25) is 0 Å². The van der Waals surface area contributed by atoms with Crippen LogP contribution < -0.4 is 11.3 Å². The molecule has 0 heterocycles. The molecule has 0 radical (unpaired) electrons. The van der Waals surface area contributed by atoms with E-state index < -0.39 is 0 Å². The number of hydrazine groups is 1. The van der Waals surface area contributed by atoms with Crippen molar-refractivity contribution in [2.75, 3.05) is 13.2 Å². The highest BCUT2D eigenvalue weighted by atomic mass is 16.3. The molecule has 5 heteroatoms. The fourth-order valence-electron chi connectivity index (χ4n) is 2.14. The van der Waals surface area contributed by atoms with E-state index in [0.29, 0.717) is 13.1 Å². The smallest absolute Gasteiger partial charge is 0.251 e. The summed E-state index contributed by atoms with van der Waals surface area (Å²) < 4.78 is 0. The van der Waals surface area contributed by atoms with Crippen LogP contribution in [0, 0.1) is 0 Å². The van der Waals surface area contributed by atoms with Crippen LogP contribution in [0.25, 0.3) is 0 Å². The predicted octanol–water partition coefficient (Wildman–Crippen LogP) is 0.640. The van der Waals surface area contributed by atoms with Gasteiger partial charge in [0.1, 0.15) is 0 Å². The molecule has 19 heavy (non-hydrogen) atoms. The molecule has 0 fully saturated rings. The zero-order chi connectivity index (χ0) is 14.1. The van der Waals surface area contributed by atoms with Gasteiger partial charge in [0.2, 0.25) is 0 Å². The molecule has 1 rings (SSSR count). The van der Waals surface area contributed by atoms with Crippen molar-refractivity contribution >= 4 is 5.91 Å². The van der Waals surface area contributed by atoms with E-state index in [0.717, 1.165) is 18.4 Å². The van der Waals surface area contributed by atoms with Crippen molar-refractivity contribution in [1.82, 2.24) is 10.3 Å². The molecule has 0 aliphatic rings. The van der Waals surface area contributed by atoms with Gasteiger partial charge in [0.15, 0.2) is 0 Å². The van der Waals surface area contributed by atoms with Gasteiger partial charge < -0.3 is 5.11 Å². The van der Waals surface area contributed by atoms with E-state index in [1.165, 1.54) is 0 Å². The summed E-state index contributed by atoms with van der Waals surface area (Å²) in [6.45, 7) is 3.12. The maximum Gasteiger partial charge on any atom is 0.251 e. The Morgan fingerprint density at radius 2 is 2.11 bits per heavy atom. The van der Waals surface area contributed by atoms with Crippen molar-refractivity contribution < 1.29 is 9.90 Å².